The van der Waals surface area contributed by atoms with Crippen LogP contribution in [0.1, 0.15) is 35.3 Å². The second kappa shape index (κ2) is 6.52. The summed E-state index contributed by atoms with van der Waals surface area (Å²) in [6, 6.07) is 2.33. The lowest BCUT2D eigenvalue weighted by molar-refractivity contribution is 0.643. The molecule has 2 aliphatic carbocycles. The molecule has 1 heterocycles. The van der Waals surface area contributed by atoms with Gasteiger partial charge in [0.2, 0.25) is 0 Å². The minimum absolute atomic E-state index is 0.0176. The minimum atomic E-state index is -0.120. The lowest BCUT2D eigenvalue weighted by atomic mass is 9.94. The summed E-state index contributed by atoms with van der Waals surface area (Å²) >= 11 is 14.3. The maximum Gasteiger partial charge on any atom is 0.133 e. The molecule has 0 fully saturated rings. The molecule has 0 N–H and O–H groups in total. The molecule has 0 aromatic carbocycles. The van der Waals surface area contributed by atoms with Crippen molar-refractivity contribution in [2.75, 3.05) is 0 Å². The van der Waals surface area contributed by atoms with E-state index in [1.165, 1.54) is 23.3 Å². The fraction of sp³-hybridized carbons (Fsp3) is 0.500. The summed E-state index contributed by atoms with van der Waals surface area (Å²) in [7, 11) is 0. The topological polar surface area (TPSA) is 36.1 Å². The first-order valence-electron chi connectivity index (χ1n) is 7.24. The van der Waals surface area contributed by atoms with Crippen LogP contribution >= 0.6 is 34.5 Å². The Morgan fingerprint density at radius 1 is 1.33 bits per heavy atom. The van der Waals surface area contributed by atoms with Gasteiger partial charge in [-0.15, -0.1) is 34.5 Å². The van der Waals surface area contributed by atoms with Crippen LogP contribution in [-0.2, 0) is 12.8 Å². The number of alkyl halides is 2. The van der Waals surface area contributed by atoms with Crippen LogP contribution in [0.3, 0.4) is 0 Å². The number of aryl methyl sites for hydroxylation is 1. The van der Waals surface area contributed by atoms with Gasteiger partial charge in [-0.1, -0.05) is 12.2 Å². The van der Waals surface area contributed by atoms with Crippen LogP contribution in [0, 0.1) is 17.2 Å². The number of halogens is 2. The van der Waals surface area contributed by atoms with Crippen LogP contribution in [-0.4, -0.2) is 17.0 Å². The van der Waals surface area contributed by atoms with E-state index in [2.05, 4.69) is 11.1 Å². The van der Waals surface area contributed by atoms with Gasteiger partial charge < -0.3 is 0 Å². The Bertz CT molecular complexity index is 627. The smallest absolute Gasteiger partial charge is 0.133 e. The first kappa shape index (κ1) is 15.1. The Morgan fingerprint density at radius 2 is 2.14 bits per heavy atom. The fourth-order valence-electron chi connectivity index (χ4n) is 2.91. The normalized spacial score (nSPS) is 28.5. The summed E-state index contributed by atoms with van der Waals surface area (Å²) in [6.07, 6.45) is 11.1. The quantitative estimate of drug-likeness (QED) is 0.425. The van der Waals surface area contributed by atoms with Gasteiger partial charge in [0, 0.05) is 22.4 Å². The van der Waals surface area contributed by atoms with E-state index in [9.17, 15) is 5.26 Å². The number of fused-ring (bicyclic) bond motifs is 1. The van der Waals surface area contributed by atoms with Crippen molar-refractivity contribution in [3.05, 3.63) is 28.2 Å². The van der Waals surface area contributed by atoms with E-state index in [1.54, 1.807) is 11.3 Å². The van der Waals surface area contributed by atoms with Crippen LogP contribution in [0.25, 0.3) is 0 Å². The van der Waals surface area contributed by atoms with Crippen molar-refractivity contribution in [1.29, 1.82) is 5.26 Å². The SMILES string of the molecule is N#Cc1c(N=CC2C(Cl)C=CCC2Cl)sc2c1CCCC2. The van der Waals surface area contributed by atoms with Gasteiger partial charge in [-0.3, -0.25) is 0 Å². The molecule has 0 radical (unpaired) electrons. The maximum absolute atomic E-state index is 9.42. The average molecular weight is 339 g/mol. The van der Waals surface area contributed by atoms with Crippen molar-refractivity contribution in [2.24, 2.45) is 10.9 Å². The van der Waals surface area contributed by atoms with E-state index in [0.29, 0.717) is 0 Å². The predicted octanol–water partition coefficient (Wildman–Crippen LogP) is 4.99. The zero-order chi connectivity index (χ0) is 14.8. The van der Waals surface area contributed by atoms with Gasteiger partial charge in [-0.05, 0) is 37.7 Å². The van der Waals surface area contributed by atoms with E-state index in [4.69, 9.17) is 23.2 Å². The Balaban J connectivity index is 1.88. The Morgan fingerprint density at radius 3 is 2.90 bits per heavy atom. The maximum atomic E-state index is 9.42. The molecule has 1 aromatic heterocycles. The van der Waals surface area contributed by atoms with Gasteiger partial charge in [0.25, 0.3) is 0 Å². The first-order chi connectivity index (χ1) is 10.2. The molecular weight excluding hydrogens is 323 g/mol. The number of thiophene rings is 1. The van der Waals surface area contributed by atoms with Crippen LogP contribution < -0.4 is 0 Å². The molecule has 3 atom stereocenters. The highest BCUT2D eigenvalue weighted by Crippen LogP contribution is 2.39. The highest BCUT2D eigenvalue weighted by atomic mass is 35.5. The van der Waals surface area contributed by atoms with Gasteiger partial charge in [-0.25, -0.2) is 4.99 Å². The third-order valence-electron chi connectivity index (χ3n) is 4.09. The van der Waals surface area contributed by atoms with E-state index in [-0.39, 0.29) is 16.7 Å². The van der Waals surface area contributed by atoms with Crippen molar-refractivity contribution in [2.45, 2.75) is 42.9 Å². The first-order valence-corrected chi connectivity index (χ1v) is 8.93. The highest BCUT2D eigenvalue weighted by molar-refractivity contribution is 7.16. The lowest BCUT2D eigenvalue weighted by Crippen LogP contribution is -2.27. The summed E-state index contributed by atoms with van der Waals surface area (Å²) in [6.45, 7) is 0. The minimum Gasteiger partial charge on any atom is -0.249 e. The van der Waals surface area contributed by atoms with Crippen LogP contribution in [0.2, 0.25) is 0 Å². The highest BCUT2D eigenvalue weighted by Gasteiger charge is 2.27. The van der Waals surface area contributed by atoms with Crippen molar-refractivity contribution in [1.82, 2.24) is 0 Å². The largest absolute Gasteiger partial charge is 0.249 e. The van der Waals surface area contributed by atoms with Crippen molar-refractivity contribution < 1.29 is 0 Å². The summed E-state index contributed by atoms with van der Waals surface area (Å²) in [5.41, 5.74) is 1.98. The monoisotopic (exact) mass is 338 g/mol. The molecule has 0 bridgehead atoms. The van der Waals surface area contributed by atoms with Gasteiger partial charge >= 0.3 is 0 Å². The number of nitriles is 1. The molecule has 3 rings (SSSR count). The van der Waals surface area contributed by atoms with E-state index >= 15 is 0 Å². The third kappa shape index (κ3) is 3.04. The lowest BCUT2D eigenvalue weighted by Gasteiger charge is -2.23. The average Bonchev–Trinajstić information content (AvgIpc) is 2.84. The number of rotatable bonds is 2. The summed E-state index contributed by atoms with van der Waals surface area (Å²) in [5.74, 6) is 0.0176. The molecule has 5 heteroatoms. The van der Waals surface area contributed by atoms with Gasteiger partial charge in [0.1, 0.15) is 11.1 Å². The summed E-state index contributed by atoms with van der Waals surface area (Å²) in [5, 5.41) is 10.1. The molecule has 2 aliphatic rings. The molecule has 0 amide bonds. The molecule has 1 aromatic rings. The number of hydrogen-bond donors (Lipinski definition) is 0. The van der Waals surface area contributed by atoms with E-state index in [1.807, 2.05) is 18.4 Å². The number of allylic oxidation sites excluding steroid dienone is 2. The molecule has 2 nitrogen and oxygen atoms in total. The van der Waals surface area contributed by atoms with E-state index < -0.39 is 0 Å². The predicted molar refractivity (Wildman–Crippen MR) is 90.4 cm³/mol. The molecule has 0 saturated carbocycles. The van der Waals surface area contributed by atoms with Gasteiger partial charge in [0.15, 0.2) is 0 Å². The Kier molecular flexibility index (Phi) is 4.69. The Labute approximate surface area is 139 Å². The summed E-state index contributed by atoms with van der Waals surface area (Å²) in [4.78, 5) is 5.91. The second-order valence-corrected chi connectivity index (χ2v) is 7.63. The number of aliphatic imine (C=N–C) groups is 1. The van der Waals surface area contributed by atoms with Gasteiger partial charge in [0.05, 0.1) is 10.9 Å². The van der Waals surface area contributed by atoms with Crippen molar-refractivity contribution in [3.63, 3.8) is 0 Å². The van der Waals surface area contributed by atoms with Crippen LogP contribution in [0.15, 0.2) is 17.1 Å². The third-order valence-corrected chi connectivity index (χ3v) is 6.20. The van der Waals surface area contributed by atoms with Crippen LogP contribution in [0.5, 0.6) is 0 Å². The molecular formula is C16H16Cl2N2S. The van der Waals surface area contributed by atoms with Crippen molar-refractivity contribution in [3.8, 4) is 6.07 Å². The molecule has 110 valence electrons. The number of nitrogens with zero attached hydrogens (tertiary/aromatic N) is 2. The summed E-state index contributed by atoms with van der Waals surface area (Å²) < 4.78 is 0. The second-order valence-electron chi connectivity index (χ2n) is 5.48. The van der Waals surface area contributed by atoms with E-state index in [0.717, 1.165) is 29.8 Å². The molecule has 0 saturated heterocycles. The zero-order valence-corrected chi connectivity index (χ0v) is 13.9. The molecule has 0 aliphatic heterocycles. The molecule has 0 spiro atoms. The fourth-order valence-corrected chi connectivity index (χ4v) is 4.84. The Hall–Kier alpha value is -0.820. The zero-order valence-electron chi connectivity index (χ0n) is 11.6. The van der Waals surface area contributed by atoms with Crippen LogP contribution in [0.4, 0.5) is 5.00 Å². The standard InChI is InChI=1S/C16H16Cl2N2S/c17-13-5-3-6-14(18)12(13)9-20-16-11(8-19)10-4-1-2-7-15(10)21-16/h3,5,9,12-14H,1-2,4,6-7H2. The number of hydrogen-bond acceptors (Lipinski definition) is 3. The van der Waals surface area contributed by atoms with Crippen molar-refractivity contribution >= 4 is 45.8 Å². The molecule has 3 unspecified atom stereocenters. The molecule has 21 heavy (non-hydrogen) atoms. The van der Waals surface area contributed by atoms with Gasteiger partial charge in [-0.2, -0.15) is 5.26 Å².